The van der Waals surface area contributed by atoms with Gasteiger partial charge >= 0.3 is 0 Å². The van der Waals surface area contributed by atoms with Gasteiger partial charge in [-0.05, 0) is 110 Å². The topological polar surface area (TPSA) is 69.4 Å². The van der Waals surface area contributed by atoms with Gasteiger partial charge in [-0.15, -0.1) is 0 Å². The number of hydrogen-bond acceptors (Lipinski definition) is 5. The van der Waals surface area contributed by atoms with Crippen molar-refractivity contribution in [2.45, 2.75) is 63.7 Å². The van der Waals surface area contributed by atoms with Crippen molar-refractivity contribution >= 4 is 15.7 Å². The molecule has 258 valence electrons. The molecule has 49 heavy (non-hydrogen) atoms. The average molecular weight is 689 g/mol. The third-order valence-corrected chi connectivity index (χ3v) is 10.5. The summed E-state index contributed by atoms with van der Waals surface area (Å²) in [5, 5.41) is 0. The Morgan fingerprint density at radius 3 is 2.31 bits per heavy atom. The van der Waals surface area contributed by atoms with Crippen LogP contribution < -0.4 is 9.47 Å². The minimum absolute atomic E-state index is 0.0909. The largest absolute Gasteiger partial charge is 0.497 e. The van der Waals surface area contributed by atoms with Crippen molar-refractivity contribution in [2.75, 3.05) is 20.2 Å². The van der Waals surface area contributed by atoms with Gasteiger partial charge in [0.25, 0.3) is 0 Å². The summed E-state index contributed by atoms with van der Waals surface area (Å²) in [5.41, 5.74) is 2.36. The van der Waals surface area contributed by atoms with Crippen LogP contribution in [0.15, 0.2) is 89.8 Å². The fourth-order valence-corrected chi connectivity index (χ4v) is 7.96. The van der Waals surface area contributed by atoms with E-state index in [1.165, 1.54) is 12.1 Å². The maximum absolute atomic E-state index is 14.3. The van der Waals surface area contributed by atoms with E-state index in [9.17, 15) is 17.2 Å². The van der Waals surface area contributed by atoms with Gasteiger partial charge in [-0.1, -0.05) is 38.1 Å². The van der Waals surface area contributed by atoms with Crippen LogP contribution in [-0.4, -0.2) is 44.6 Å². The van der Waals surface area contributed by atoms with Crippen molar-refractivity contribution in [1.29, 1.82) is 0 Å². The molecule has 0 unspecified atom stereocenters. The highest BCUT2D eigenvalue weighted by Gasteiger charge is 2.42. The number of hydrogen-bond donors (Lipinski definition) is 0. The molecule has 0 aromatic heterocycles. The lowest BCUT2D eigenvalue weighted by Gasteiger charge is -2.29. The van der Waals surface area contributed by atoms with Gasteiger partial charge in [-0.2, -0.15) is 4.31 Å². The van der Waals surface area contributed by atoms with Crippen LogP contribution in [0.25, 0.3) is 16.0 Å². The van der Waals surface area contributed by atoms with Crippen molar-refractivity contribution in [1.82, 2.24) is 4.31 Å². The van der Waals surface area contributed by atoms with Crippen molar-refractivity contribution < 1.29 is 31.4 Å². The second-order valence-electron chi connectivity index (χ2n) is 13.5. The van der Waals surface area contributed by atoms with Crippen LogP contribution in [0.5, 0.6) is 11.5 Å². The fourth-order valence-electron chi connectivity index (χ4n) is 6.35. The second kappa shape index (κ2) is 15.1. The summed E-state index contributed by atoms with van der Waals surface area (Å²) >= 11 is 0. The van der Waals surface area contributed by atoms with Gasteiger partial charge < -0.3 is 14.2 Å². The molecule has 1 aliphatic heterocycles. The number of halogens is 2. The van der Waals surface area contributed by atoms with E-state index in [-0.39, 0.29) is 41.6 Å². The van der Waals surface area contributed by atoms with Crippen molar-refractivity contribution in [3.05, 3.63) is 119 Å². The molecule has 1 heterocycles. The van der Waals surface area contributed by atoms with Gasteiger partial charge in [0.05, 0.1) is 30.3 Å². The van der Waals surface area contributed by atoms with E-state index in [1.54, 1.807) is 53.9 Å². The molecule has 0 aliphatic carbocycles. The molecule has 0 saturated carbocycles. The first-order valence-corrected chi connectivity index (χ1v) is 17.7. The summed E-state index contributed by atoms with van der Waals surface area (Å²) in [5.74, 6) is 0.0811. The van der Waals surface area contributed by atoms with E-state index >= 15 is 0 Å². The lowest BCUT2D eigenvalue weighted by molar-refractivity contribution is -0.0277. The smallest absolute Gasteiger partial charge is 0.243 e. The van der Waals surface area contributed by atoms with E-state index in [0.29, 0.717) is 41.3 Å². The minimum Gasteiger partial charge on any atom is -0.497 e. The molecule has 7 nitrogen and oxygen atoms in total. The van der Waals surface area contributed by atoms with Crippen molar-refractivity contribution in [2.24, 2.45) is 11.8 Å². The molecule has 0 amide bonds. The number of sulfonamides is 1. The zero-order valence-electron chi connectivity index (χ0n) is 28.5. The van der Waals surface area contributed by atoms with Gasteiger partial charge in [-0.25, -0.2) is 22.0 Å². The van der Waals surface area contributed by atoms with E-state index in [2.05, 4.69) is 4.85 Å². The molecule has 4 aromatic rings. The maximum Gasteiger partial charge on any atom is 0.243 e. The molecule has 1 saturated heterocycles. The summed E-state index contributed by atoms with van der Waals surface area (Å²) in [7, 11) is -2.22. The molecule has 0 N–H and O–H groups in total. The van der Waals surface area contributed by atoms with Gasteiger partial charge in [0, 0.05) is 24.7 Å². The Hall–Kier alpha value is -4.30. The molecular weight excluding hydrogens is 647 g/mol. The Morgan fingerprint density at radius 2 is 1.67 bits per heavy atom. The molecule has 0 radical (unpaired) electrons. The van der Waals surface area contributed by atoms with Crippen molar-refractivity contribution in [3.8, 4) is 22.6 Å². The predicted octanol–water partition coefficient (Wildman–Crippen LogP) is 8.84. The molecule has 0 spiro atoms. The van der Waals surface area contributed by atoms with E-state index < -0.39 is 27.3 Å². The Morgan fingerprint density at radius 1 is 0.980 bits per heavy atom. The van der Waals surface area contributed by atoms with Gasteiger partial charge in [-0.3, -0.25) is 0 Å². The lowest BCUT2D eigenvalue weighted by atomic mass is 9.88. The number of rotatable bonds is 13. The number of benzene rings is 4. The highest BCUT2D eigenvalue weighted by molar-refractivity contribution is 7.89. The highest BCUT2D eigenvalue weighted by Crippen LogP contribution is 2.38. The van der Waals surface area contributed by atoms with Gasteiger partial charge in [0.1, 0.15) is 29.7 Å². The van der Waals surface area contributed by atoms with Crippen LogP contribution >= 0.6 is 0 Å². The summed E-state index contributed by atoms with van der Waals surface area (Å²) in [4.78, 5) is 3.82. The predicted molar refractivity (Wildman–Crippen MR) is 186 cm³/mol. The summed E-state index contributed by atoms with van der Waals surface area (Å²) < 4.78 is 74.5. The standard InChI is InChI=1S/C39H42F2N2O5S/c1-26(2)23-43(49(44,45)34-16-14-32(46-6)15-17-34)24-38-30(22-39(3,4)48-38)19-27-7-12-33(13-8-27)47-25-29-10-9-28(20-37(29)42-5)35-18-11-31(40)21-36(35)41/h7-18,20-21,26,30,38H,19,22-25H2,1-4,6H3/t30-,38-/m1/s1. The molecule has 1 aliphatic rings. The SMILES string of the molecule is [C-]#[N+]c1cc(-c2ccc(F)cc2F)ccc1COc1ccc(C[C@@H]2CC(C)(C)O[C@@H]2CN(CC(C)C)S(=O)(=O)c2ccc(OC)cc2)cc1. The molecule has 2 atom stereocenters. The lowest BCUT2D eigenvalue weighted by Crippen LogP contribution is -2.42. The molecule has 1 fully saturated rings. The van der Waals surface area contributed by atoms with Crippen LogP contribution in [0.4, 0.5) is 14.5 Å². The third-order valence-electron chi connectivity index (χ3n) is 8.66. The monoisotopic (exact) mass is 688 g/mol. The van der Waals surface area contributed by atoms with Crippen LogP contribution in [0.1, 0.15) is 45.2 Å². The van der Waals surface area contributed by atoms with Crippen LogP contribution in [0.3, 0.4) is 0 Å². The molecule has 4 aromatic carbocycles. The van der Waals surface area contributed by atoms with E-state index in [4.69, 9.17) is 20.8 Å². The molecule has 5 rings (SSSR count). The van der Waals surface area contributed by atoms with Crippen molar-refractivity contribution in [3.63, 3.8) is 0 Å². The quantitative estimate of drug-likeness (QED) is 0.131. The zero-order valence-corrected chi connectivity index (χ0v) is 29.3. The third kappa shape index (κ3) is 8.84. The summed E-state index contributed by atoms with van der Waals surface area (Å²) in [6.07, 6.45) is 1.19. The first-order valence-electron chi connectivity index (χ1n) is 16.3. The van der Waals surface area contributed by atoms with Gasteiger partial charge in [0.2, 0.25) is 10.0 Å². The molecule has 10 heteroatoms. The number of methoxy groups -OCH3 is 1. The Labute approximate surface area is 288 Å². The normalized spacial score (nSPS) is 17.3. The second-order valence-corrected chi connectivity index (χ2v) is 15.4. The van der Waals surface area contributed by atoms with Crippen LogP contribution in [0.2, 0.25) is 0 Å². The Kier molecular flexibility index (Phi) is 11.1. The summed E-state index contributed by atoms with van der Waals surface area (Å²) in [6, 6.07) is 22.6. The first-order chi connectivity index (χ1) is 23.3. The Bertz CT molecular complexity index is 1910. The van der Waals surface area contributed by atoms with Gasteiger partial charge in [0.15, 0.2) is 5.69 Å². The average Bonchev–Trinajstić information content (AvgIpc) is 3.35. The minimum atomic E-state index is -3.77. The molecular formula is C39H42F2N2O5S. The highest BCUT2D eigenvalue weighted by atomic mass is 32.2. The number of nitrogens with zero attached hydrogens (tertiary/aromatic N) is 2. The Balaban J connectivity index is 1.26. The first kappa shape index (κ1) is 36.0. The van der Waals surface area contributed by atoms with Crippen LogP contribution in [-0.2, 0) is 27.8 Å². The van der Waals surface area contributed by atoms with E-state index in [0.717, 1.165) is 18.1 Å². The fraction of sp³-hybridized carbons (Fsp3) is 0.359. The van der Waals surface area contributed by atoms with E-state index in [1.807, 2.05) is 52.0 Å². The summed E-state index contributed by atoms with van der Waals surface area (Å²) in [6.45, 7) is 16.5. The number of ether oxygens (including phenoxy) is 3. The zero-order chi connectivity index (χ0) is 35.3. The maximum atomic E-state index is 14.3. The van der Waals surface area contributed by atoms with Crippen LogP contribution in [0, 0.1) is 30.0 Å². The molecule has 0 bridgehead atoms.